The molecule has 49 heavy (non-hydrogen) atoms. The van der Waals surface area contributed by atoms with Crippen LogP contribution in [0.5, 0.6) is 0 Å². The summed E-state index contributed by atoms with van der Waals surface area (Å²) in [6.07, 6.45) is 54.3. The second kappa shape index (κ2) is 40.3. The van der Waals surface area contributed by atoms with Gasteiger partial charge in [0.1, 0.15) is 6.10 Å². The van der Waals surface area contributed by atoms with Gasteiger partial charge in [-0.2, -0.15) is 0 Å². The molecule has 284 valence electrons. The van der Waals surface area contributed by atoms with Gasteiger partial charge in [0.25, 0.3) is 0 Å². The number of allylic oxidation sites excluding steroid dienone is 8. The molecule has 0 saturated carbocycles. The molecular weight excluding hydrogens is 604 g/mol. The molecule has 0 fully saturated rings. The second-order valence-corrected chi connectivity index (χ2v) is 14.2. The summed E-state index contributed by atoms with van der Waals surface area (Å²) in [5.41, 5.74) is 0. The number of carbonyl (C=O) groups excluding carboxylic acids is 1. The highest BCUT2D eigenvalue weighted by molar-refractivity contribution is 5.69. The fraction of sp³-hybridized carbons (Fsp3) is 0.778. The lowest BCUT2D eigenvalue weighted by Crippen LogP contribution is -2.18. The first kappa shape index (κ1) is 46.9. The van der Waals surface area contributed by atoms with Crippen LogP contribution >= 0.6 is 0 Å². The molecule has 0 bridgehead atoms. The fourth-order valence-electron chi connectivity index (χ4n) is 6.23. The van der Waals surface area contributed by atoms with E-state index in [1.807, 2.05) is 0 Å². The number of carboxylic acid groups (broad SMARTS) is 1. The Morgan fingerprint density at radius 1 is 0.469 bits per heavy atom. The molecule has 0 rings (SSSR count). The second-order valence-electron chi connectivity index (χ2n) is 14.2. The lowest BCUT2D eigenvalue weighted by molar-refractivity contribution is -0.150. The van der Waals surface area contributed by atoms with Crippen molar-refractivity contribution < 1.29 is 19.4 Å². The van der Waals surface area contributed by atoms with E-state index in [0.29, 0.717) is 6.42 Å². The molecule has 0 radical (unpaired) electrons. The highest BCUT2D eigenvalue weighted by atomic mass is 16.5. The minimum Gasteiger partial charge on any atom is -0.481 e. The summed E-state index contributed by atoms with van der Waals surface area (Å²) in [5.74, 6) is -0.705. The van der Waals surface area contributed by atoms with Gasteiger partial charge in [-0.25, -0.2) is 0 Å². The van der Waals surface area contributed by atoms with Crippen LogP contribution in [0.2, 0.25) is 0 Å². The third-order valence-corrected chi connectivity index (χ3v) is 9.32. The first-order valence-corrected chi connectivity index (χ1v) is 21.1. The average Bonchev–Trinajstić information content (AvgIpc) is 3.09. The maximum atomic E-state index is 12.7. The van der Waals surface area contributed by atoms with Crippen LogP contribution in [0, 0.1) is 0 Å². The summed E-state index contributed by atoms with van der Waals surface area (Å²) < 4.78 is 5.99. The van der Waals surface area contributed by atoms with Gasteiger partial charge in [0.05, 0.1) is 0 Å². The zero-order chi connectivity index (χ0) is 35.7. The number of hydrogen-bond donors (Lipinski definition) is 1. The smallest absolute Gasteiger partial charge is 0.306 e. The van der Waals surface area contributed by atoms with Crippen LogP contribution in [0.25, 0.3) is 0 Å². The van der Waals surface area contributed by atoms with Crippen molar-refractivity contribution in [2.75, 3.05) is 0 Å². The summed E-state index contributed by atoms with van der Waals surface area (Å²) in [5, 5.41) is 8.81. The number of ether oxygens (including phenoxy) is 1. The Morgan fingerprint density at radius 3 is 1.33 bits per heavy atom. The van der Waals surface area contributed by atoms with Crippen molar-refractivity contribution in [3.05, 3.63) is 48.6 Å². The van der Waals surface area contributed by atoms with E-state index < -0.39 is 5.97 Å². The van der Waals surface area contributed by atoms with Gasteiger partial charge in [0.2, 0.25) is 0 Å². The quantitative estimate of drug-likeness (QED) is 0.0399. The lowest BCUT2D eigenvalue weighted by Gasteiger charge is -2.18. The highest BCUT2D eigenvalue weighted by Crippen LogP contribution is 2.19. The van der Waals surface area contributed by atoms with Crippen LogP contribution < -0.4 is 0 Å². The van der Waals surface area contributed by atoms with E-state index in [1.54, 1.807) is 0 Å². The zero-order valence-electron chi connectivity index (χ0n) is 32.5. The summed E-state index contributed by atoms with van der Waals surface area (Å²) in [4.78, 5) is 23.4. The molecule has 1 atom stereocenters. The highest BCUT2D eigenvalue weighted by Gasteiger charge is 2.14. The summed E-state index contributed by atoms with van der Waals surface area (Å²) in [7, 11) is 0. The topological polar surface area (TPSA) is 63.6 Å². The average molecular weight is 685 g/mol. The Bertz CT molecular complexity index is 824. The van der Waals surface area contributed by atoms with Crippen molar-refractivity contribution in [2.24, 2.45) is 0 Å². The monoisotopic (exact) mass is 685 g/mol. The van der Waals surface area contributed by atoms with Crippen LogP contribution in [0.3, 0.4) is 0 Å². The largest absolute Gasteiger partial charge is 0.481 e. The first-order chi connectivity index (χ1) is 24.1. The first-order valence-electron chi connectivity index (χ1n) is 21.1. The number of hydrogen-bond acceptors (Lipinski definition) is 3. The molecule has 0 aliphatic carbocycles. The molecule has 0 aliphatic heterocycles. The Kier molecular flexibility index (Phi) is 38.6. The van der Waals surface area contributed by atoms with Gasteiger partial charge in [0.15, 0.2) is 0 Å². The Balaban J connectivity index is 3.85. The SMILES string of the molecule is CC/C=C\C/C=C\C/C=C\C/C=C\CCCCCCCCCCCCC(=O)OC(CCCCCCCCCC)CCCCCCCC(=O)O. The molecule has 0 aliphatic rings. The van der Waals surface area contributed by atoms with Gasteiger partial charge < -0.3 is 9.84 Å². The van der Waals surface area contributed by atoms with Gasteiger partial charge in [-0.05, 0) is 77.0 Å². The molecule has 0 aromatic rings. The maximum Gasteiger partial charge on any atom is 0.306 e. The normalized spacial score (nSPS) is 12.7. The molecule has 0 aromatic heterocycles. The van der Waals surface area contributed by atoms with E-state index in [4.69, 9.17) is 9.84 Å². The van der Waals surface area contributed by atoms with Crippen LogP contribution in [0.15, 0.2) is 48.6 Å². The molecule has 0 spiro atoms. The van der Waals surface area contributed by atoms with Crippen molar-refractivity contribution in [2.45, 2.75) is 225 Å². The van der Waals surface area contributed by atoms with Crippen LogP contribution in [-0.4, -0.2) is 23.1 Å². The molecule has 0 saturated heterocycles. The van der Waals surface area contributed by atoms with E-state index >= 15 is 0 Å². The van der Waals surface area contributed by atoms with Crippen LogP contribution in [0.4, 0.5) is 0 Å². The lowest BCUT2D eigenvalue weighted by atomic mass is 10.0. The van der Waals surface area contributed by atoms with Crippen molar-refractivity contribution in [3.8, 4) is 0 Å². The molecule has 1 N–H and O–H groups in total. The summed E-state index contributed by atoms with van der Waals surface area (Å²) in [6, 6.07) is 0. The van der Waals surface area contributed by atoms with Gasteiger partial charge in [-0.3, -0.25) is 9.59 Å². The van der Waals surface area contributed by atoms with E-state index in [0.717, 1.165) is 89.9 Å². The summed E-state index contributed by atoms with van der Waals surface area (Å²) in [6.45, 7) is 4.43. The van der Waals surface area contributed by atoms with E-state index in [-0.39, 0.29) is 18.5 Å². The van der Waals surface area contributed by atoms with E-state index in [1.165, 1.54) is 103 Å². The molecule has 4 nitrogen and oxygen atoms in total. The van der Waals surface area contributed by atoms with Gasteiger partial charge in [-0.15, -0.1) is 0 Å². The van der Waals surface area contributed by atoms with E-state index in [9.17, 15) is 9.59 Å². The number of carbonyl (C=O) groups is 2. The zero-order valence-corrected chi connectivity index (χ0v) is 32.5. The molecule has 0 heterocycles. The minimum absolute atomic E-state index is 0.00343. The van der Waals surface area contributed by atoms with E-state index in [2.05, 4.69) is 62.5 Å². The van der Waals surface area contributed by atoms with Crippen LogP contribution in [-0.2, 0) is 14.3 Å². The number of rotatable bonds is 38. The third kappa shape index (κ3) is 40.2. The number of aliphatic carboxylic acids is 1. The van der Waals surface area contributed by atoms with Crippen molar-refractivity contribution in [3.63, 3.8) is 0 Å². The predicted molar refractivity (Wildman–Crippen MR) is 213 cm³/mol. The third-order valence-electron chi connectivity index (χ3n) is 9.32. The Hall–Kier alpha value is -2.10. The maximum absolute atomic E-state index is 12.7. The van der Waals surface area contributed by atoms with Crippen molar-refractivity contribution >= 4 is 11.9 Å². The molecular formula is C45H80O4. The minimum atomic E-state index is -0.701. The van der Waals surface area contributed by atoms with Gasteiger partial charge in [0, 0.05) is 12.8 Å². The molecule has 0 aromatic carbocycles. The number of carboxylic acids is 1. The van der Waals surface area contributed by atoms with Crippen molar-refractivity contribution in [1.29, 1.82) is 0 Å². The Labute approximate surface area is 304 Å². The number of esters is 1. The molecule has 4 heteroatoms. The van der Waals surface area contributed by atoms with Gasteiger partial charge in [-0.1, -0.05) is 178 Å². The van der Waals surface area contributed by atoms with Gasteiger partial charge >= 0.3 is 11.9 Å². The van der Waals surface area contributed by atoms with Crippen LogP contribution in [0.1, 0.15) is 219 Å². The fourth-order valence-corrected chi connectivity index (χ4v) is 6.23. The van der Waals surface area contributed by atoms with Crippen molar-refractivity contribution in [1.82, 2.24) is 0 Å². The summed E-state index contributed by atoms with van der Waals surface area (Å²) >= 11 is 0. The standard InChI is InChI=1S/C45H80O4/c1-3-5-7-9-11-13-14-15-16-17-18-19-20-21-22-23-24-25-26-27-29-34-38-42-45(48)49-43(39-35-31-28-12-10-8-6-4-2)40-36-32-30-33-37-41-44(46)47/h5,7,11,13,15-16,18-19,43H,3-4,6,8-10,12,14,17,20-42H2,1-2H3,(H,46,47)/b7-5-,13-11-,16-15-,19-18-. The molecule has 1 unspecified atom stereocenters. The molecule has 0 amide bonds. The predicted octanol–water partition coefficient (Wildman–Crippen LogP) is 14.7. The Morgan fingerprint density at radius 2 is 0.857 bits per heavy atom. The number of unbranched alkanes of at least 4 members (excludes halogenated alkanes) is 21.